The topological polar surface area (TPSA) is 41.8 Å². The Hall–Kier alpha value is -2.87. The van der Waals surface area contributed by atoms with Crippen molar-refractivity contribution in [2.45, 2.75) is 26.7 Å². The highest BCUT2D eigenvalue weighted by molar-refractivity contribution is 14.1. The molecule has 0 aromatic heterocycles. The van der Waals surface area contributed by atoms with E-state index >= 15 is 0 Å². The van der Waals surface area contributed by atoms with Gasteiger partial charge in [0.05, 0.1) is 16.8 Å². The standard InChI is InChI=1S/C30H36IN2O3/c1-7-35-28(34)9-8-18-36-30-21(2)19-24(20-27(30)31)29(22-10-14-25(15-11-22)32(3)4)23-12-16-26(17-13-23)33(5)6/h10-17,19-20H,7-9,18H2,1-6H3/q+1. The van der Waals surface area contributed by atoms with E-state index in [2.05, 4.69) is 128 Å². The Morgan fingerprint density at radius 2 is 1.67 bits per heavy atom. The Morgan fingerprint density at radius 3 is 2.22 bits per heavy atom. The third-order valence-corrected chi connectivity index (χ3v) is 6.74. The van der Waals surface area contributed by atoms with Gasteiger partial charge in [-0.05, 0) is 107 Å². The Labute approximate surface area is 228 Å². The monoisotopic (exact) mass is 599 g/mol. The Bertz CT molecular complexity index is 1180. The van der Waals surface area contributed by atoms with Gasteiger partial charge in [0.25, 0.3) is 0 Å². The van der Waals surface area contributed by atoms with Crippen molar-refractivity contribution in [3.63, 3.8) is 0 Å². The molecule has 0 unspecified atom stereocenters. The number of anilines is 1. The minimum Gasteiger partial charge on any atom is -0.492 e. The second-order valence-electron chi connectivity index (χ2n) is 9.12. The summed E-state index contributed by atoms with van der Waals surface area (Å²) >= 11 is 2.35. The molecule has 0 saturated heterocycles. The lowest BCUT2D eigenvalue weighted by molar-refractivity contribution is -0.462. The Kier molecular flexibility index (Phi) is 9.93. The van der Waals surface area contributed by atoms with E-state index < -0.39 is 0 Å². The van der Waals surface area contributed by atoms with Gasteiger partial charge in [-0.25, -0.2) is 4.58 Å². The van der Waals surface area contributed by atoms with Crippen molar-refractivity contribution in [2.24, 2.45) is 0 Å². The van der Waals surface area contributed by atoms with Crippen LogP contribution in [0, 0.1) is 10.5 Å². The molecule has 190 valence electrons. The van der Waals surface area contributed by atoms with E-state index in [1.165, 1.54) is 17.0 Å². The summed E-state index contributed by atoms with van der Waals surface area (Å²) in [5.41, 5.74) is 8.05. The van der Waals surface area contributed by atoms with Crippen molar-refractivity contribution >= 4 is 45.5 Å². The molecule has 0 radical (unpaired) electrons. The van der Waals surface area contributed by atoms with E-state index in [1.54, 1.807) is 0 Å². The van der Waals surface area contributed by atoms with Crippen LogP contribution in [0.4, 0.5) is 5.69 Å². The first-order valence-electron chi connectivity index (χ1n) is 12.2. The van der Waals surface area contributed by atoms with Crippen molar-refractivity contribution in [3.05, 3.63) is 86.5 Å². The largest absolute Gasteiger partial charge is 0.492 e. The summed E-state index contributed by atoms with van der Waals surface area (Å²) in [6, 6.07) is 13.1. The molecule has 0 spiro atoms. The van der Waals surface area contributed by atoms with Gasteiger partial charge in [-0.15, -0.1) is 0 Å². The van der Waals surface area contributed by atoms with Crippen LogP contribution in [-0.2, 0) is 9.53 Å². The van der Waals surface area contributed by atoms with Gasteiger partial charge in [0.1, 0.15) is 19.8 Å². The smallest absolute Gasteiger partial charge is 0.305 e. The first kappa shape index (κ1) is 27.7. The van der Waals surface area contributed by atoms with Gasteiger partial charge in [0.2, 0.25) is 0 Å². The third kappa shape index (κ3) is 7.09. The average Bonchev–Trinajstić information content (AvgIpc) is 2.84. The average molecular weight is 600 g/mol. The highest BCUT2D eigenvalue weighted by atomic mass is 127. The van der Waals surface area contributed by atoms with Gasteiger partial charge in [-0.2, -0.15) is 0 Å². The molecule has 0 aliphatic heterocycles. The van der Waals surface area contributed by atoms with Gasteiger partial charge in [0, 0.05) is 38.4 Å². The van der Waals surface area contributed by atoms with Crippen molar-refractivity contribution in [2.75, 3.05) is 46.3 Å². The molecule has 2 aromatic carbocycles. The number of nitrogens with zero attached hydrogens (tertiary/aromatic N) is 2. The van der Waals surface area contributed by atoms with Crippen molar-refractivity contribution in [3.8, 4) is 5.75 Å². The minimum absolute atomic E-state index is 0.178. The number of benzene rings is 2. The molecule has 36 heavy (non-hydrogen) atoms. The SMILES string of the molecule is CCOC(=O)CCCOc1c(C)cc(C(=C2C=CC(=[N+](C)C)C=C2)c2ccc(N(C)C)cc2)cc1I. The lowest BCUT2D eigenvalue weighted by atomic mass is 9.90. The van der Waals surface area contributed by atoms with Gasteiger partial charge in [-0.3, -0.25) is 4.79 Å². The van der Waals surface area contributed by atoms with E-state index in [1.807, 2.05) is 6.92 Å². The van der Waals surface area contributed by atoms with Crippen molar-refractivity contribution < 1.29 is 18.8 Å². The van der Waals surface area contributed by atoms with Crippen LogP contribution in [0.15, 0.2) is 66.3 Å². The molecule has 0 atom stereocenters. The van der Waals surface area contributed by atoms with Crippen LogP contribution in [0.3, 0.4) is 0 Å². The lowest BCUT2D eigenvalue weighted by Gasteiger charge is -2.19. The zero-order chi connectivity index (χ0) is 26.2. The number of hydrogen-bond donors (Lipinski definition) is 0. The fourth-order valence-corrected chi connectivity index (χ4v) is 4.95. The van der Waals surface area contributed by atoms with E-state index in [0.717, 1.165) is 31.6 Å². The van der Waals surface area contributed by atoms with E-state index in [4.69, 9.17) is 9.47 Å². The molecule has 0 heterocycles. The number of halogens is 1. The summed E-state index contributed by atoms with van der Waals surface area (Å²) < 4.78 is 14.3. The zero-order valence-electron chi connectivity index (χ0n) is 22.1. The number of rotatable bonds is 9. The van der Waals surface area contributed by atoms with Gasteiger partial charge < -0.3 is 14.4 Å². The highest BCUT2D eigenvalue weighted by Crippen LogP contribution is 2.36. The number of allylic oxidation sites excluding steroid dienone is 5. The number of carbonyl (C=O) groups excluding carboxylic acids is 1. The molecule has 3 rings (SSSR count). The third-order valence-electron chi connectivity index (χ3n) is 5.94. The summed E-state index contributed by atoms with van der Waals surface area (Å²) in [7, 11) is 8.21. The molecule has 0 fully saturated rings. The number of carbonyl (C=O) groups is 1. The normalized spacial score (nSPS) is 12.5. The van der Waals surface area contributed by atoms with Gasteiger partial charge in [0.15, 0.2) is 5.71 Å². The minimum atomic E-state index is -0.178. The molecule has 0 bridgehead atoms. The van der Waals surface area contributed by atoms with E-state index in [9.17, 15) is 4.79 Å². The molecule has 2 aromatic rings. The first-order chi connectivity index (χ1) is 17.2. The summed E-state index contributed by atoms with van der Waals surface area (Å²) in [6.45, 7) is 4.78. The van der Waals surface area contributed by atoms with E-state index in [-0.39, 0.29) is 5.97 Å². The second kappa shape index (κ2) is 12.9. The van der Waals surface area contributed by atoms with Crippen LogP contribution in [0.5, 0.6) is 5.75 Å². The first-order valence-corrected chi connectivity index (χ1v) is 13.3. The molecule has 0 saturated carbocycles. The van der Waals surface area contributed by atoms with Crippen molar-refractivity contribution in [1.29, 1.82) is 0 Å². The van der Waals surface area contributed by atoms with Crippen LogP contribution >= 0.6 is 22.6 Å². The molecule has 6 heteroatoms. The maximum atomic E-state index is 11.6. The fourth-order valence-electron chi connectivity index (χ4n) is 4.03. The maximum Gasteiger partial charge on any atom is 0.305 e. The molecule has 0 amide bonds. The quantitative estimate of drug-likeness (QED) is 0.153. The van der Waals surface area contributed by atoms with Crippen LogP contribution in [0.25, 0.3) is 5.57 Å². The van der Waals surface area contributed by atoms with Crippen LogP contribution < -0.4 is 9.64 Å². The molecule has 5 nitrogen and oxygen atoms in total. The summed E-state index contributed by atoms with van der Waals surface area (Å²) in [5.74, 6) is 0.691. The Balaban J connectivity index is 1.96. The van der Waals surface area contributed by atoms with Crippen LogP contribution in [0.2, 0.25) is 0 Å². The van der Waals surface area contributed by atoms with Gasteiger partial charge >= 0.3 is 5.97 Å². The fraction of sp³-hybridized carbons (Fsp3) is 0.333. The number of esters is 1. The number of aryl methyl sites for hydroxylation is 1. The second-order valence-corrected chi connectivity index (χ2v) is 10.3. The molecule has 1 aliphatic rings. The highest BCUT2D eigenvalue weighted by Gasteiger charge is 2.17. The molecule has 0 N–H and O–H groups in total. The zero-order valence-corrected chi connectivity index (χ0v) is 24.3. The molecular weight excluding hydrogens is 563 g/mol. The van der Waals surface area contributed by atoms with Crippen LogP contribution in [-0.4, -0.2) is 57.7 Å². The number of hydrogen-bond acceptors (Lipinski definition) is 4. The summed E-state index contributed by atoms with van der Waals surface area (Å²) in [6.07, 6.45) is 9.68. The van der Waals surface area contributed by atoms with Crippen molar-refractivity contribution in [1.82, 2.24) is 0 Å². The number of ether oxygens (including phenoxy) is 2. The maximum absolute atomic E-state index is 11.6. The molecular formula is C30H36IN2O3+. The molecule has 1 aliphatic carbocycles. The predicted molar refractivity (Wildman–Crippen MR) is 157 cm³/mol. The van der Waals surface area contributed by atoms with Crippen LogP contribution in [0.1, 0.15) is 36.5 Å². The van der Waals surface area contributed by atoms with Gasteiger partial charge in [-0.1, -0.05) is 12.1 Å². The summed E-state index contributed by atoms with van der Waals surface area (Å²) in [5, 5.41) is 0. The summed E-state index contributed by atoms with van der Waals surface area (Å²) in [4.78, 5) is 13.7. The van der Waals surface area contributed by atoms with E-state index in [0.29, 0.717) is 26.1 Å². The lowest BCUT2D eigenvalue weighted by Crippen LogP contribution is -2.10. The Morgan fingerprint density at radius 1 is 1.00 bits per heavy atom. The predicted octanol–water partition coefficient (Wildman–Crippen LogP) is 6.03.